The maximum absolute atomic E-state index is 13.5. The summed E-state index contributed by atoms with van der Waals surface area (Å²) in [6.07, 6.45) is -3.06. The van der Waals surface area contributed by atoms with Crippen molar-refractivity contribution in [2.45, 2.75) is 83.8 Å². The van der Waals surface area contributed by atoms with E-state index in [9.17, 15) is 23.2 Å². The molecule has 3 heterocycles. The molecule has 4 rings (SSSR count). The molecule has 10 nitrogen and oxygen atoms in total. The van der Waals surface area contributed by atoms with E-state index in [1.165, 1.54) is 18.2 Å². The van der Waals surface area contributed by atoms with Gasteiger partial charge in [-0.25, -0.2) is 19.7 Å². The minimum absolute atomic E-state index is 0.0136. The number of carbonyl (C=O) groups excluding carboxylic acids is 1. The second kappa shape index (κ2) is 12.4. The molecule has 0 spiro atoms. The molecule has 1 atom stereocenters. The van der Waals surface area contributed by atoms with Gasteiger partial charge in [0.15, 0.2) is 8.32 Å². The summed E-state index contributed by atoms with van der Waals surface area (Å²) in [6.45, 7) is 18.6. The first-order valence-electron chi connectivity index (χ1n) is 15.0. The van der Waals surface area contributed by atoms with Crippen LogP contribution in [0.1, 0.15) is 65.2 Å². The number of amides is 1. The number of rotatable bonds is 7. The lowest BCUT2D eigenvalue weighted by molar-refractivity contribution is -0.137. The number of alkyl halides is 3. The van der Waals surface area contributed by atoms with Gasteiger partial charge in [0.2, 0.25) is 11.8 Å². The van der Waals surface area contributed by atoms with Gasteiger partial charge < -0.3 is 19.2 Å². The fourth-order valence-corrected chi connectivity index (χ4v) is 5.96. The summed E-state index contributed by atoms with van der Waals surface area (Å²) in [4.78, 5) is 27.5. The van der Waals surface area contributed by atoms with E-state index in [0.717, 1.165) is 6.07 Å². The first-order valence-corrected chi connectivity index (χ1v) is 17.9. The number of halogens is 3. The van der Waals surface area contributed by atoms with E-state index in [0.29, 0.717) is 35.3 Å². The highest BCUT2D eigenvalue weighted by molar-refractivity contribution is 6.74. The molecule has 1 aromatic carbocycles. The topological polar surface area (TPSA) is 122 Å². The van der Waals surface area contributed by atoms with Crippen LogP contribution in [0.4, 0.5) is 35.3 Å². The Balaban J connectivity index is 1.81. The maximum Gasteiger partial charge on any atom is 0.417 e. The molecular weight excluding hydrogens is 629 g/mol. The Hall–Kier alpha value is -4.22. The van der Waals surface area contributed by atoms with Gasteiger partial charge in [-0.3, -0.25) is 4.90 Å². The normalized spacial score (nSPS) is 16.8. The number of anilines is 3. The third-order valence-corrected chi connectivity index (χ3v) is 12.9. The fraction of sp³-hybridized carbons (Fsp3) is 0.485. The summed E-state index contributed by atoms with van der Waals surface area (Å²) in [5.41, 5.74) is -0.188. The third kappa shape index (κ3) is 7.68. The number of benzene rings is 1. The van der Waals surface area contributed by atoms with Crippen LogP contribution in [0.15, 0.2) is 36.7 Å². The number of nitriles is 1. The van der Waals surface area contributed by atoms with Crippen LogP contribution in [0.3, 0.4) is 0 Å². The molecule has 14 heteroatoms. The summed E-state index contributed by atoms with van der Waals surface area (Å²) < 4.78 is 57.8. The third-order valence-electron chi connectivity index (χ3n) is 8.40. The van der Waals surface area contributed by atoms with E-state index in [1.54, 1.807) is 32.9 Å². The van der Waals surface area contributed by atoms with Crippen molar-refractivity contribution in [1.82, 2.24) is 15.0 Å². The van der Waals surface area contributed by atoms with Crippen LogP contribution in [0.2, 0.25) is 18.1 Å². The van der Waals surface area contributed by atoms with Gasteiger partial charge in [0.1, 0.15) is 17.4 Å². The molecule has 0 fully saturated rings. The molecule has 1 aliphatic heterocycles. The van der Waals surface area contributed by atoms with Crippen LogP contribution in [0, 0.1) is 11.3 Å². The van der Waals surface area contributed by atoms with Crippen molar-refractivity contribution >= 4 is 31.7 Å². The standard InChI is InChI=1S/C33H41F3N6O4Si/c1-30(2,3)46-29(43)42-18-32(7,19-45-47(9,10)31(4,5)6)23-14-20(13-21(16-37)26(23)42)24-11-12-38-28(40-24)41-25-15-22(33(34,35)36)17-39-27(25)44-8/h11-15,17H,18-19H2,1-10H3,(H,38,40,41)/t32-/m1/s1. The van der Waals surface area contributed by atoms with E-state index >= 15 is 0 Å². The molecule has 2 aromatic heterocycles. The lowest BCUT2D eigenvalue weighted by Gasteiger charge is -2.39. The minimum Gasteiger partial charge on any atom is -0.480 e. The number of hydrogen-bond donors (Lipinski definition) is 1. The predicted octanol–water partition coefficient (Wildman–Crippen LogP) is 8.22. The van der Waals surface area contributed by atoms with Crippen molar-refractivity contribution in [3.05, 3.63) is 53.3 Å². The maximum atomic E-state index is 13.5. The molecule has 0 radical (unpaired) electrons. The highest BCUT2D eigenvalue weighted by Crippen LogP contribution is 2.47. The average Bonchev–Trinajstić information content (AvgIpc) is 3.27. The van der Waals surface area contributed by atoms with Crippen LogP contribution in [-0.2, 0) is 20.8 Å². The second-order valence-electron chi connectivity index (χ2n) is 14.4. The summed E-state index contributed by atoms with van der Waals surface area (Å²) in [5, 5.41) is 13.0. The van der Waals surface area contributed by atoms with E-state index in [4.69, 9.17) is 13.9 Å². The van der Waals surface area contributed by atoms with Gasteiger partial charge in [0.25, 0.3) is 0 Å². The number of fused-ring (bicyclic) bond motifs is 1. The molecule has 1 N–H and O–H groups in total. The fourth-order valence-electron chi connectivity index (χ4n) is 4.84. The summed E-state index contributed by atoms with van der Waals surface area (Å²) >= 11 is 0. The van der Waals surface area contributed by atoms with Crippen LogP contribution in [-0.4, -0.2) is 55.2 Å². The highest BCUT2D eigenvalue weighted by atomic mass is 28.4. The highest BCUT2D eigenvalue weighted by Gasteiger charge is 2.47. The van der Waals surface area contributed by atoms with Gasteiger partial charge in [-0.1, -0.05) is 27.7 Å². The molecule has 0 aliphatic carbocycles. The smallest absolute Gasteiger partial charge is 0.417 e. The molecule has 0 bridgehead atoms. The lowest BCUT2D eigenvalue weighted by Crippen LogP contribution is -2.46. The minimum atomic E-state index is -4.62. The van der Waals surface area contributed by atoms with Crippen LogP contribution >= 0.6 is 0 Å². The zero-order valence-electron chi connectivity index (χ0n) is 28.4. The monoisotopic (exact) mass is 670 g/mol. The molecule has 47 heavy (non-hydrogen) atoms. The number of nitrogens with one attached hydrogen (secondary N) is 1. The Morgan fingerprint density at radius 1 is 1.13 bits per heavy atom. The molecule has 1 amide bonds. The summed E-state index contributed by atoms with van der Waals surface area (Å²) in [5.74, 6) is -0.0867. The van der Waals surface area contributed by atoms with E-state index in [-0.39, 0.29) is 34.7 Å². The number of methoxy groups -OCH3 is 1. The van der Waals surface area contributed by atoms with Crippen molar-refractivity contribution in [3.8, 4) is 23.2 Å². The van der Waals surface area contributed by atoms with E-state index < -0.39 is 37.2 Å². The van der Waals surface area contributed by atoms with E-state index in [1.807, 2.05) is 13.0 Å². The SMILES string of the molecule is COc1ncc(C(F)(F)F)cc1Nc1nccc(-c2cc(C#N)c3c(c2)[C@@](C)(CO[Si](C)(C)C(C)(C)C)CN3C(=O)OC(C)(C)C)n1. The van der Waals surface area contributed by atoms with Gasteiger partial charge in [-0.05, 0) is 68.7 Å². The Morgan fingerprint density at radius 3 is 2.38 bits per heavy atom. The van der Waals surface area contributed by atoms with Crippen molar-refractivity contribution in [1.29, 1.82) is 5.26 Å². The van der Waals surface area contributed by atoms with Crippen LogP contribution in [0.5, 0.6) is 5.88 Å². The van der Waals surface area contributed by atoms with Crippen molar-refractivity contribution in [3.63, 3.8) is 0 Å². The summed E-state index contributed by atoms with van der Waals surface area (Å²) in [6, 6.07) is 8.22. The quantitative estimate of drug-likeness (QED) is 0.248. The van der Waals surface area contributed by atoms with Gasteiger partial charge in [0.05, 0.1) is 29.6 Å². The Morgan fingerprint density at radius 2 is 1.81 bits per heavy atom. The molecule has 1 aliphatic rings. The van der Waals surface area contributed by atoms with E-state index in [2.05, 4.69) is 60.2 Å². The summed E-state index contributed by atoms with van der Waals surface area (Å²) in [7, 11) is -0.920. The number of nitrogens with zero attached hydrogens (tertiary/aromatic N) is 5. The van der Waals surface area contributed by atoms with Crippen molar-refractivity contribution < 1.29 is 31.9 Å². The second-order valence-corrected chi connectivity index (χ2v) is 19.2. The zero-order chi connectivity index (χ0) is 35.2. The van der Waals surface area contributed by atoms with Gasteiger partial charge in [0, 0.05) is 36.5 Å². The van der Waals surface area contributed by atoms with Crippen LogP contribution in [0.25, 0.3) is 11.3 Å². The Kier molecular flexibility index (Phi) is 9.42. The lowest BCUT2D eigenvalue weighted by atomic mass is 9.83. The average molecular weight is 671 g/mol. The van der Waals surface area contributed by atoms with Gasteiger partial charge >= 0.3 is 12.3 Å². The van der Waals surface area contributed by atoms with Crippen molar-refractivity contribution in [2.24, 2.45) is 0 Å². The number of pyridine rings is 1. The van der Waals surface area contributed by atoms with Gasteiger partial charge in [-0.15, -0.1) is 0 Å². The van der Waals surface area contributed by atoms with Crippen molar-refractivity contribution in [2.75, 3.05) is 30.5 Å². The molecule has 0 unspecified atom stereocenters. The Labute approximate surface area is 274 Å². The number of ether oxygens (including phenoxy) is 2. The Bertz CT molecular complexity index is 1710. The number of aromatic nitrogens is 3. The molecular formula is C33H41F3N6O4Si. The first kappa shape index (κ1) is 35.6. The largest absolute Gasteiger partial charge is 0.480 e. The zero-order valence-corrected chi connectivity index (χ0v) is 29.4. The molecule has 3 aromatic rings. The van der Waals surface area contributed by atoms with Gasteiger partial charge in [-0.2, -0.15) is 18.4 Å². The van der Waals surface area contributed by atoms with Crippen LogP contribution < -0.4 is 15.0 Å². The first-order chi connectivity index (χ1) is 21.6. The number of carbonyl (C=O) groups is 1. The molecule has 0 saturated heterocycles. The molecule has 0 saturated carbocycles. The number of hydrogen-bond acceptors (Lipinski definition) is 9. The predicted molar refractivity (Wildman–Crippen MR) is 175 cm³/mol. The molecule has 252 valence electrons.